The lowest BCUT2D eigenvalue weighted by Crippen LogP contribution is -2.32. The lowest BCUT2D eigenvalue weighted by molar-refractivity contribution is -0.114. The Bertz CT molecular complexity index is 707. The molecule has 0 amide bonds. The van der Waals surface area contributed by atoms with Crippen LogP contribution in [0.1, 0.15) is 70.3 Å². The second-order valence-corrected chi connectivity index (χ2v) is 9.03. The maximum Gasteiger partial charge on any atom is 0.231 e. The number of hydrogen-bond acceptors (Lipinski definition) is 3. The number of aryl methyl sites for hydroxylation is 1. The Balaban J connectivity index is 1.86. The highest BCUT2D eigenvalue weighted by Gasteiger charge is 2.33. The minimum atomic E-state index is -0.352. The lowest BCUT2D eigenvalue weighted by atomic mass is 9.66. The van der Waals surface area contributed by atoms with E-state index in [1.165, 1.54) is 32.1 Å². The average Bonchev–Trinajstić information content (AvgIpc) is 2.74. The summed E-state index contributed by atoms with van der Waals surface area (Å²) in [6.45, 7) is 2.88. The smallest absolute Gasteiger partial charge is 0.231 e. The van der Waals surface area contributed by atoms with E-state index in [0.29, 0.717) is 24.2 Å². The van der Waals surface area contributed by atoms with Gasteiger partial charge in [0.25, 0.3) is 0 Å². The summed E-state index contributed by atoms with van der Waals surface area (Å²) < 4.78 is 12.7. The summed E-state index contributed by atoms with van der Waals surface area (Å²) in [5, 5.41) is 9.31. The SMILES string of the molecule is CCC1(CCN(C)c2cc(CCF)ccc2Cl)CCC(CCCC(=O)C#N)CC1. The molecular formula is C24H34ClFN2O. The number of halogens is 2. The van der Waals surface area contributed by atoms with Crippen molar-refractivity contribution in [3.8, 4) is 6.07 Å². The third kappa shape index (κ3) is 7.00. The minimum Gasteiger partial charge on any atom is -0.373 e. The van der Waals surface area contributed by atoms with Crippen molar-refractivity contribution < 1.29 is 9.18 Å². The van der Waals surface area contributed by atoms with Crippen molar-refractivity contribution in [2.24, 2.45) is 11.3 Å². The van der Waals surface area contributed by atoms with E-state index in [9.17, 15) is 9.18 Å². The molecule has 0 atom stereocenters. The molecule has 0 unspecified atom stereocenters. The Morgan fingerprint density at radius 1 is 1.38 bits per heavy atom. The van der Waals surface area contributed by atoms with Crippen molar-refractivity contribution in [2.45, 2.75) is 71.1 Å². The van der Waals surface area contributed by atoms with Gasteiger partial charge in [0.05, 0.1) is 17.4 Å². The summed E-state index contributed by atoms with van der Waals surface area (Å²) in [7, 11) is 2.07. The number of rotatable bonds is 11. The standard InChI is InChI=1S/C24H34ClFN2O/c1-3-24(12-9-19(10-13-24)5-4-6-21(29)18-27)14-16-28(2)23-17-20(11-15-26)7-8-22(23)25/h7-8,17,19H,3-6,9-16H2,1-2H3. The first-order valence-electron chi connectivity index (χ1n) is 10.9. The molecule has 0 aliphatic heterocycles. The number of anilines is 1. The van der Waals surface area contributed by atoms with Crippen molar-refractivity contribution >= 4 is 23.1 Å². The number of nitrogens with zero attached hydrogens (tertiary/aromatic N) is 2. The summed E-state index contributed by atoms with van der Waals surface area (Å²) in [5.74, 6) is 0.395. The second kappa shape index (κ2) is 11.6. The molecule has 160 valence electrons. The zero-order chi connectivity index (χ0) is 21.3. The van der Waals surface area contributed by atoms with Crippen LogP contribution in [0, 0.1) is 22.7 Å². The highest BCUT2D eigenvalue weighted by atomic mass is 35.5. The van der Waals surface area contributed by atoms with Crippen LogP contribution in [0.2, 0.25) is 5.02 Å². The van der Waals surface area contributed by atoms with Crippen LogP contribution in [0.5, 0.6) is 0 Å². The van der Waals surface area contributed by atoms with E-state index in [2.05, 4.69) is 18.9 Å². The summed E-state index contributed by atoms with van der Waals surface area (Å²) in [6.07, 6.45) is 9.91. The Hall–Kier alpha value is -1.60. The van der Waals surface area contributed by atoms with Gasteiger partial charge in [0.1, 0.15) is 6.07 Å². The van der Waals surface area contributed by atoms with Gasteiger partial charge in [-0.05, 0) is 74.0 Å². The molecule has 0 heterocycles. The topological polar surface area (TPSA) is 44.1 Å². The monoisotopic (exact) mass is 420 g/mol. The van der Waals surface area contributed by atoms with Crippen molar-refractivity contribution in [1.82, 2.24) is 0 Å². The Morgan fingerprint density at radius 3 is 2.72 bits per heavy atom. The molecule has 1 aliphatic carbocycles. The summed E-state index contributed by atoms with van der Waals surface area (Å²) in [5.41, 5.74) is 2.34. The summed E-state index contributed by atoms with van der Waals surface area (Å²) in [4.78, 5) is 13.4. The molecule has 2 rings (SSSR count). The first-order chi connectivity index (χ1) is 13.9. The Kier molecular flexibility index (Phi) is 9.43. The van der Waals surface area contributed by atoms with Gasteiger partial charge >= 0.3 is 0 Å². The summed E-state index contributed by atoms with van der Waals surface area (Å²) >= 11 is 6.40. The number of Topliss-reactive ketones (excluding diaryl/α,β-unsaturated/α-hetero) is 1. The molecule has 1 fully saturated rings. The molecule has 3 nitrogen and oxygen atoms in total. The van der Waals surface area contributed by atoms with Gasteiger partial charge in [-0.3, -0.25) is 9.18 Å². The van der Waals surface area contributed by atoms with Gasteiger partial charge in [-0.15, -0.1) is 0 Å². The van der Waals surface area contributed by atoms with Crippen LogP contribution in [-0.2, 0) is 11.2 Å². The molecule has 1 aromatic rings. The van der Waals surface area contributed by atoms with Crippen molar-refractivity contribution in [2.75, 3.05) is 25.2 Å². The van der Waals surface area contributed by atoms with E-state index in [1.807, 2.05) is 18.2 Å². The largest absolute Gasteiger partial charge is 0.373 e. The zero-order valence-electron chi connectivity index (χ0n) is 17.9. The average molecular weight is 421 g/mol. The minimum absolute atomic E-state index is 0.291. The van der Waals surface area contributed by atoms with E-state index in [4.69, 9.17) is 16.9 Å². The molecule has 0 spiro atoms. The second-order valence-electron chi connectivity index (χ2n) is 8.62. The fourth-order valence-corrected chi connectivity index (χ4v) is 4.87. The number of nitriles is 1. The number of alkyl halides is 1. The number of hydrogen-bond donors (Lipinski definition) is 0. The number of benzene rings is 1. The molecule has 1 saturated carbocycles. The van der Waals surface area contributed by atoms with E-state index in [1.54, 1.807) is 6.07 Å². The van der Waals surface area contributed by atoms with E-state index < -0.39 is 0 Å². The van der Waals surface area contributed by atoms with Crippen LogP contribution in [0.3, 0.4) is 0 Å². The number of carbonyl (C=O) groups excluding carboxylic acids is 1. The molecule has 29 heavy (non-hydrogen) atoms. The number of ketones is 1. The van der Waals surface area contributed by atoms with Crippen LogP contribution in [0.4, 0.5) is 10.1 Å². The fourth-order valence-electron chi connectivity index (χ4n) is 4.61. The molecule has 1 aromatic carbocycles. The number of carbonyl (C=O) groups is 1. The highest BCUT2D eigenvalue weighted by molar-refractivity contribution is 6.33. The first-order valence-corrected chi connectivity index (χ1v) is 11.3. The van der Waals surface area contributed by atoms with Gasteiger partial charge in [0.2, 0.25) is 5.78 Å². The van der Waals surface area contributed by atoms with Gasteiger partial charge in [0, 0.05) is 26.4 Å². The molecule has 0 N–H and O–H groups in total. The lowest BCUT2D eigenvalue weighted by Gasteiger charge is -2.41. The maximum absolute atomic E-state index is 12.7. The van der Waals surface area contributed by atoms with Gasteiger partial charge in [-0.2, -0.15) is 5.26 Å². The molecule has 0 aromatic heterocycles. The zero-order valence-corrected chi connectivity index (χ0v) is 18.6. The van der Waals surface area contributed by atoms with Crippen LogP contribution in [-0.4, -0.2) is 26.1 Å². The van der Waals surface area contributed by atoms with Gasteiger partial charge in [-0.1, -0.05) is 31.0 Å². The van der Waals surface area contributed by atoms with E-state index in [0.717, 1.165) is 42.1 Å². The molecule has 0 bridgehead atoms. The third-order valence-corrected chi connectivity index (χ3v) is 7.16. The predicted molar refractivity (Wildman–Crippen MR) is 118 cm³/mol. The van der Waals surface area contributed by atoms with Crippen LogP contribution in [0.25, 0.3) is 0 Å². The molecular weight excluding hydrogens is 387 g/mol. The third-order valence-electron chi connectivity index (χ3n) is 6.84. The van der Waals surface area contributed by atoms with Crippen molar-refractivity contribution in [3.05, 3.63) is 28.8 Å². The van der Waals surface area contributed by atoms with Crippen LogP contribution < -0.4 is 4.90 Å². The molecule has 1 aliphatic rings. The molecule has 5 heteroatoms. The van der Waals surface area contributed by atoms with Crippen LogP contribution >= 0.6 is 11.6 Å². The normalized spacial score (nSPS) is 21.6. The Morgan fingerprint density at radius 2 is 2.10 bits per heavy atom. The predicted octanol–water partition coefficient (Wildman–Crippen LogP) is 6.53. The molecule has 0 saturated heterocycles. The van der Waals surface area contributed by atoms with Crippen LogP contribution in [0.15, 0.2) is 18.2 Å². The summed E-state index contributed by atoms with van der Waals surface area (Å²) in [6, 6.07) is 7.49. The quantitative estimate of drug-likeness (QED) is 0.382. The maximum atomic E-state index is 12.7. The Labute approximate surface area is 180 Å². The van der Waals surface area contributed by atoms with Crippen molar-refractivity contribution in [3.63, 3.8) is 0 Å². The van der Waals surface area contributed by atoms with Crippen molar-refractivity contribution in [1.29, 1.82) is 5.26 Å². The fraction of sp³-hybridized carbons (Fsp3) is 0.667. The molecule has 0 radical (unpaired) electrons. The van der Waals surface area contributed by atoms with E-state index >= 15 is 0 Å². The highest BCUT2D eigenvalue weighted by Crippen LogP contribution is 2.45. The van der Waals surface area contributed by atoms with Gasteiger partial charge < -0.3 is 4.90 Å². The van der Waals surface area contributed by atoms with Gasteiger partial charge in [0.15, 0.2) is 0 Å². The van der Waals surface area contributed by atoms with E-state index in [-0.39, 0.29) is 12.5 Å². The first kappa shape index (κ1) is 23.7. The van der Waals surface area contributed by atoms with Gasteiger partial charge in [-0.25, -0.2) is 0 Å².